The number of hydrogen-bond acceptors (Lipinski definition) is 6. The molecule has 2 heterocycles. The van der Waals surface area contributed by atoms with Crippen molar-refractivity contribution in [3.8, 4) is 5.75 Å². The van der Waals surface area contributed by atoms with Crippen LogP contribution in [0.1, 0.15) is 19.4 Å². The number of rotatable bonds is 10. The van der Waals surface area contributed by atoms with Crippen LogP contribution < -0.4 is 10.5 Å². The summed E-state index contributed by atoms with van der Waals surface area (Å²) >= 11 is 1.36. The number of nitrogens with one attached hydrogen (secondary N) is 1. The van der Waals surface area contributed by atoms with Crippen LogP contribution in [-0.4, -0.2) is 77.0 Å². The minimum atomic E-state index is -0.755. The average Bonchev–Trinajstić information content (AvgIpc) is 3.04. The van der Waals surface area contributed by atoms with E-state index in [1.54, 1.807) is 6.92 Å². The van der Waals surface area contributed by atoms with Gasteiger partial charge in [-0.2, -0.15) is 0 Å². The van der Waals surface area contributed by atoms with Crippen LogP contribution in [0.2, 0.25) is 0 Å². The number of thioether (sulfide) groups is 1. The lowest BCUT2D eigenvalue weighted by atomic mass is 9.78. The Labute approximate surface area is 216 Å². The smallest absolute Gasteiger partial charge is 0.235 e. The molecule has 2 aliphatic heterocycles. The lowest BCUT2D eigenvalue weighted by Gasteiger charge is -2.46. The maximum absolute atomic E-state index is 12.6. The van der Waals surface area contributed by atoms with Crippen molar-refractivity contribution in [2.24, 2.45) is 17.6 Å². The van der Waals surface area contributed by atoms with Crippen LogP contribution in [-0.2, 0) is 16.1 Å². The van der Waals surface area contributed by atoms with Gasteiger partial charge in [-0.3, -0.25) is 15.0 Å². The molecule has 36 heavy (non-hydrogen) atoms. The van der Waals surface area contributed by atoms with E-state index in [9.17, 15) is 14.7 Å². The van der Waals surface area contributed by atoms with Gasteiger partial charge in [-0.25, -0.2) is 0 Å². The zero-order chi connectivity index (χ0) is 26.2. The molecule has 192 valence electrons. The van der Waals surface area contributed by atoms with Gasteiger partial charge in [-0.15, -0.1) is 0 Å². The van der Waals surface area contributed by atoms with Crippen LogP contribution >= 0.6 is 11.8 Å². The van der Waals surface area contributed by atoms with Gasteiger partial charge >= 0.3 is 0 Å². The number of aliphatic hydroxyl groups excluding tert-OH is 1. The Morgan fingerprint density at radius 3 is 2.64 bits per heavy atom. The van der Waals surface area contributed by atoms with E-state index in [2.05, 4.69) is 26.2 Å². The molecule has 0 bridgehead atoms. The standard InChI is InChI=1S/C27H35N4O4S/c1-16-21(22(14-32)30-25(16)24(17(2)33)26(30)34)15-35-23-10-6-8-19-18(7-5-9-20(19)23)13-31(3,4)11-12-36-27(28)29/h5-10,14,16-17,24-25,33H,11-13,15H2,1-4H3,(H3,28,29)/q+1/t16-,17+,24+,25+/m0/s1. The van der Waals surface area contributed by atoms with Crippen molar-refractivity contribution in [3.63, 3.8) is 0 Å². The monoisotopic (exact) mass is 511 g/mol. The number of nitrogens with zero attached hydrogens (tertiary/aromatic N) is 2. The molecule has 8 nitrogen and oxygen atoms in total. The maximum atomic E-state index is 12.6. The van der Waals surface area contributed by atoms with Gasteiger partial charge < -0.3 is 25.0 Å². The van der Waals surface area contributed by atoms with Gasteiger partial charge in [0.15, 0.2) is 11.5 Å². The summed E-state index contributed by atoms with van der Waals surface area (Å²) in [6, 6.07) is 12.0. The summed E-state index contributed by atoms with van der Waals surface area (Å²) in [4.78, 5) is 26.0. The molecule has 2 aromatic rings. The maximum Gasteiger partial charge on any atom is 0.235 e. The lowest BCUT2D eigenvalue weighted by Crippen LogP contribution is -2.63. The van der Waals surface area contributed by atoms with Gasteiger partial charge in [0.1, 0.15) is 18.9 Å². The third-order valence-electron chi connectivity index (χ3n) is 7.38. The van der Waals surface area contributed by atoms with E-state index in [-0.39, 0.29) is 29.6 Å². The largest absolute Gasteiger partial charge is 0.489 e. The van der Waals surface area contributed by atoms with Crippen molar-refractivity contribution in [1.82, 2.24) is 4.90 Å². The number of fused-ring (bicyclic) bond motifs is 2. The normalized spacial score (nSPS) is 22.4. The summed E-state index contributed by atoms with van der Waals surface area (Å²) in [5, 5.41) is 19.7. The fourth-order valence-electron chi connectivity index (χ4n) is 5.48. The third kappa shape index (κ3) is 4.87. The number of amides is 1. The Bertz CT molecular complexity index is 1230. The number of allylic oxidation sites excluding steroid dienone is 1. The van der Waals surface area contributed by atoms with Crippen LogP contribution in [0.3, 0.4) is 0 Å². The summed E-state index contributed by atoms with van der Waals surface area (Å²) in [6.45, 7) is 5.50. The highest BCUT2D eigenvalue weighted by Gasteiger charge is 2.58. The van der Waals surface area contributed by atoms with Crippen LogP contribution in [0, 0.1) is 17.2 Å². The molecular weight excluding hydrogens is 476 g/mol. The Balaban J connectivity index is 1.54. The summed E-state index contributed by atoms with van der Waals surface area (Å²) in [6.07, 6.45) is -0.0219. The zero-order valence-electron chi connectivity index (χ0n) is 21.2. The Kier molecular flexibility index (Phi) is 7.45. The Hall–Kier alpha value is -2.88. The van der Waals surface area contributed by atoms with E-state index in [1.165, 1.54) is 22.2 Å². The number of amidine groups is 1. The van der Waals surface area contributed by atoms with Gasteiger partial charge in [0.05, 0.1) is 50.2 Å². The predicted molar refractivity (Wildman–Crippen MR) is 143 cm³/mol. The zero-order valence-corrected chi connectivity index (χ0v) is 22.0. The number of β-lactam (4-membered cyclic amide) rings is 1. The Morgan fingerprint density at radius 2 is 1.97 bits per heavy atom. The molecule has 2 aliphatic rings. The molecule has 0 saturated carbocycles. The average molecular weight is 512 g/mol. The van der Waals surface area contributed by atoms with E-state index < -0.39 is 12.0 Å². The Morgan fingerprint density at radius 1 is 1.28 bits per heavy atom. The number of hydrogen-bond donors (Lipinski definition) is 3. The molecule has 0 radical (unpaired) electrons. The second kappa shape index (κ2) is 10.2. The van der Waals surface area contributed by atoms with E-state index in [0.29, 0.717) is 5.70 Å². The summed E-state index contributed by atoms with van der Waals surface area (Å²) in [5.41, 5.74) is 7.85. The molecule has 9 heteroatoms. The highest BCUT2D eigenvalue weighted by atomic mass is 32.2. The van der Waals surface area contributed by atoms with Crippen molar-refractivity contribution in [2.75, 3.05) is 33.0 Å². The minimum Gasteiger partial charge on any atom is -0.489 e. The molecule has 2 aromatic carbocycles. The van der Waals surface area contributed by atoms with Crippen LogP contribution in [0.5, 0.6) is 5.75 Å². The first-order valence-corrected chi connectivity index (χ1v) is 13.2. The van der Waals surface area contributed by atoms with E-state index in [1.807, 2.05) is 31.2 Å². The molecule has 1 amide bonds. The molecule has 4 atom stereocenters. The van der Waals surface area contributed by atoms with Gasteiger partial charge in [-0.05, 0) is 23.9 Å². The van der Waals surface area contributed by atoms with E-state index in [0.717, 1.165) is 51.7 Å². The number of carbonyl (C=O) groups excluding carboxylic acids is 2. The topological polar surface area (TPSA) is 117 Å². The second-order valence-electron chi connectivity index (χ2n) is 10.4. The van der Waals surface area contributed by atoms with Crippen molar-refractivity contribution in [3.05, 3.63) is 53.2 Å². The first-order valence-electron chi connectivity index (χ1n) is 12.2. The predicted octanol–water partition coefficient (Wildman–Crippen LogP) is 2.73. The molecular formula is C27H35N4O4S+. The highest BCUT2D eigenvalue weighted by Crippen LogP contribution is 2.46. The summed E-state index contributed by atoms with van der Waals surface area (Å²) in [7, 11) is 4.33. The number of ether oxygens (including phenoxy) is 1. The second-order valence-corrected chi connectivity index (χ2v) is 11.5. The quantitative estimate of drug-likeness (QED) is 0.149. The fourth-order valence-corrected chi connectivity index (χ4v) is 6.28. The number of quaternary nitrogens is 1. The molecule has 0 unspecified atom stereocenters. The number of aldehydes is 1. The molecule has 4 rings (SSSR count). The first kappa shape index (κ1) is 26.2. The van der Waals surface area contributed by atoms with Gasteiger partial charge in [0.25, 0.3) is 0 Å². The molecule has 0 aromatic heterocycles. The van der Waals surface area contributed by atoms with Crippen molar-refractivity contribution < 1.29 is 23.9 Å². The van der Waals surface area contributed by atoms with Crippen molar-refractivity contribution >= 4 is 39.9 Å². The van der Waals surface area contributed by atoms with Crippen LogP contribution in [0.25, 0.3) is 10.8 Å². The van der Waals surface area contributed by atoms with Gasteiger partial charge in [0.2, 0.25) is 5.91 Å². The third-order valence-corrected chi connectivity index (χ3v) is 8.08. The van der Waals surface area contributed by atoms with Crippen molar-refractivity contribution in [1.29, 1.82) is 5.41 Å². The minimum absolute atomic E-state index is 0.0704. The SMILES string of the molecule is C[C@@H](O)[C@H]1C(=O)N2C(C=O)=C(COc3cccc4c(C[N+](C)(C)CCSC(=N)N)cccc34)[C@H](C)[C@H]12. The number of nitrogens with two attached hydrogens (primary N) is 1. The molecule has 1 fully saturated rings. The van der Waals surface area contributed by atoms with E-state index >= 15 is 0 Å². The fraction of sp³-hybridized carbons (Fsp3) is 0.444. The van der Waals surface area contributed by atoms with Crippen molar-refractivity contribution in [2.45, 2.75) is 32.5 Å². The number of aliphatic hydroxyl groups is 1. The molecule has 1 saturated heterocycles. The van der Waals surface area contributed by atoms with Crippen LogP contribution in [0.4, 0.5) is 0 Å². The summed E-state index contributed by atoms with van der Waals surface area (Å²) < 4.78 is 7.03. The molecule has 0 aliphatic carbocycles. The first-order chi connectivity index (χ1) is 17.1. The highest BCUT2D eigenvalue weighted by molar-refractivity contribution is 8.13. The number of benzene rings is 2. The van der Waals surface area contributed by atoms with Gasteiger partial charge in [-0.1, -0.05) is 49.0 Å². The van der Waals surface area contributed by atoms with Crippen LogP contribution in [0.15, 0.2) is 47.7 Å². The molecule has 0 spiro atoms. The van der Waals surface area contributed by atoms with Gasteiger partial charge in [0, 0.05) is 16.9 Å². The molecule has 4 N–H and O–H groups in total. The lowest BCUT2D eigenvalue weighted by molar-refractivity contribution is -0.901. The summed E-state index contributed by atoms with van der Waals surface area (Å²) in [5.74, 6) is 0.757. The number of carbonyl (C=O) groups is 2. The van der Waals surface area contributed by atoms with E-state index in [4.69, 9.17) is 15.9 Å².